The molecule has 0 radical (unpaired) electrons. The number of hydrogen-bond donors (Lipinski definition) is 2. The van der Waals surface area contributed by atoms with Gasteiger partial charge >= 0.3 is 0 Å². The molecule has 1 aromatic rings. The monoisotopic (exact) mass is 204 g/mol. The van der Waals surface area contributed by atoms with Crippen LogP contribution in [0.3, 0.4) is 0 Å². The predicted molar refractivity (Wildman–Crippen MR) is 59.4 cm³/mol. The second-order valence-corrected chi connectivity index (χ2v) is 3.95. The summed E-state index contributed by atoms with van der Waals surface area (Å²) >= 11 is 0. The van der Waals surface area contributed by atoms with Gasteiger partial charge in [-0.25, -0.2) is 0 Å². The lowest BCUT2D eigenvalue weighted by Gasteiger charge is -2.30. The van der Waals surface area contributed by atoms with Crippen molar-refractivity contribution < 1.29 is 4.79 Å². The first-order valence-electron chi connectivity index (χ1n) is 5.35. The summed E-state index contributed by atoms with van der Waals surface area (Å²) in [6.07, 6.45) is 1.03. The highest BCUT2D eigenvalue weighted by Gasteiger charge is 2.28. The Morgan fingerprint density at radius 3 is 2.73 bits per heavy atom. The number of nitrogens with two attached hydrogens (primary N) is 1. The van der Waals surface area contributed by atoms with E-state index in [1.54, 1.807) is 0 Å². The Bertz CT molecular complexity index is 376. The molecule has 0 saturated carbocycles. The van der Waals surface area contributed by atoms with Gasteiger partial charge in [0.05, 0.1) is 5.92 Å². The number of rotatable bonds is 2. The Morgan fingerprint density at radius 2 is 2.13 bits per heavy atom. The Kier molecular flexibility index (Phi) is 2.73. The summed E-state index contributed by atoms with van der Waals surface area (Å²) in [4.78, 5) is 11.3. The summed E-state index contributed by atoms with van der Waals surface area (Å²) in [5.74, 6) is -0.423. The number of hydrogen-bond acceptors (Lipinski definition) is 2. The summed E-state index contributed by atoms with van der Waals surface area (Å²) in [5.41, 5.74) is 7.70. The van der Waals surface area contributed by atoms with Crippen LogP contribution in [0.5, 0.6) is 0 Å². The van der Waals surface area contributed by atoms with Crippen LogP contribution in [0.25, 0.3) is 0 Å². The molecule has 15 heavy (non-hydrogen) atoms. The average Bonchev–Trinajstić information content (AvgIpc) is 2.27. The molecule has 3 nitrogen and oxygen atoms in total. The van der Waals surface area contributed by atoms with Crippen molar-refractivity contribution in [3.05, 3.63) is 35.4 Å². The zero-order valence-electron chi connectivity index (χ0n) is 8.86. The maximum absolute atomic E-state index is 11.3. The van der Waals surface area contributed by atoms with E-state index in [-0.39, 0.29) is 11.8 Å². The molecule has 1 heterocycles. The Hall–Kier alpha value is -1.35. The van der Waals surface area contributed by atoms with E-state index < -0.39 is 0 Å². The third-order valence-electron chi connectivity index (χ3n) is 3.07. The number of nitrogens with one attached hydrogen (secondary N) is 1. The van der Waals surface area contributed by atoms with Crippen LogP contribution in [0.1, 0.15) is 36.4 Å². The van der Waals surface area contributed by atoms with Crippen molar-refractivity contribution in [2.24, 2.45) is 5.73 Å². The van der Waals surface area contributed by atoms with Gasteiger partial charge in [-0.05, 0) is 17.5 Å². The van der Waals surface area contributed by atoms with Gasteiger partial charge in [-0.15, -0.1) is 0 Å². The van der Waals surface area contributed by atoms with E-state index in [0.717, 1.165) is 12.0 Å². The van der Waals surface area contributed by atoms with Gasteiger partial charge in [-0.2, -0.15) is 0 Å². The first-order valence-corrected chi connectivity index (χ1v) is 5.35. The van der Waals surface area contributed by atoms with Crippen molar-refractivity contribution in [1.82, 2.24) is 5.32 Å². The van der Waals surface area contributed by atoms with E-state index in [9.17, 15) is 4.79 Å². The third kappa shape index (κ3) is 1.75. The topological polar surface area (TPSA) is 55.1 Å². The van der Waals surface area contributed by atoms with Gasteiger partial charge in [0, 0.05) is 12.6 Å². The second kappa shape index (κ2) is 4.03. The summed E-state index contributed by atoms with van der Waals surface area (Å²) in [7, 11) is 0. The van der Waals surface area contributed by atoms with E-state index in [2.05, 4.69) is 18.3 Å². The Morgan fingerprint density at radius 1 is 1.47 bits per heavy atom. The van der Waals surface area contributed by atoms with E-state index in [1.165, 1.54) is 5.56 Å². The van der Waals surface area contributed by atoms with Crippen LogP contribution in [-0.2, 0) is 4.79 Å². The number of benzene rings is 1. The van der Waals surface area contributed by atoms with Gasteiger partial charge in [0.15, 0.2) is 0 Å². The van der Waals surface area contributed by atoms with Crippen molar-refractivity contribution in [3.8, 4) is 0 Å². The van der Waals surface area contributed by atoms with Gasteiger partial charge in [-0.1, -0.05) is 31.2 Å². The highest BCUT2D eigenvalue weighted by atomic mass is 16.1. The van der Waals surface area contributed by atoms with Gasteiger partial charge in [-0.3, -0.25) is 4.79 Å². The molecule has 0 spiro atoms. The van der Waals surface area contributed by atoms with Crippen LogP contribution >= 0.6 is 0 Å². The zero-order chi connectivity index (χ0) is 10.8. The predicted octanol–water partition coefficient (Wildman–Crippen LogP) is 1.31. The van der Waals surface area contributed by atoms with Crippen molar-refractivity contribution in [2.75, 3.05) is 6.54 Å². The molecule has 1 aliphatic heterocycles. The van der Waals surface area contributed by atoms with Crippen LogP contribution in [-0.4, -0.2) is 12.5 Å². The normalized spacial score (nSPS) is 24.6. The lowest BCUT2D eigenvalue weighted by atomic mass is 9.85. The molecule has 0 aliphatic carbocycles. The third-order valence-corrected chi connectivity index (χ3v) is 3.07. The fourth-order valence-electron chi connectivity index (χ4n) is 2.24. The number of amides is 1. The maximum atomic E-state index is 11.3. The van der Waals surface area contributed by atoms with Gasteiger partial charge in [0.2, 0.25) is 5.91 Å². The second-order valence-electron chi connectivity index (χ2n) is 3.95. The van der Waals surface area contributed by atoms with Crippen LogP contribution in [0, 0.1) is 0 Å². The highest BCUT2D eigenvalue weighted by Crippen LogP contribution is 2.31. The molecule has 3 N–H and O–H groups in total. The quantitative estimate of drug-likeness (QED) is 0.763. The summed E-state index contributed by atoms with van der Waals surface area (Å²) in [5, 5.41) is 3.36. The SMILES string of the molecule is CCC1NCC(C(N)=O)c2ccccc21. The molecule has 2 unspecified atom stereocenters. The van der Waals surface area contributed by atoms with Crippen molar-refractivity contribution in [2.45, 2.75) is 25.3 Å². The van der Waals surface area contributed by atoms with Crippen LogP contribution < -0.4 is 11.1 Å². The molecule has 0 saturated heterocycles. The maximum Gasteiger partial charge on any atom is 0.226 e. The van der Waals surface area contributed by atoms with E-state index in [4.69, 9.17) is 5.73 Å². The van der Waals surface area contributed by atoms with Gasteiger partial charge < -0.3 is 11.1 Å². The van der Waals surface area contributed by atoms with Crippen molar-refractivity contribution in [1.29, 1.82) is 0 Å². The molecule has 0 fully saturated rings. The number of carbonyl (C=O) groups is 1. The molecule has 2 atom stereocenters. The zero-order valence-corrected chi connectivity index (χ0v) is 8.86. The average molecular weight is 204 g/mol. The minimum absolute atomic E-state index is 0.177. The van der Waals surface area contributed by atoms with Crippen LogP contribution in [0.2, 0.25) is 0 Å². The smallest absolute Gasteiger partial charge is 0.226 e. The molecule has 1 aliphatic rings. The molecule has 1 aromatic carbocycles. The number of primary amides is 1. The molecular weight excluding hydrogens is 188 g/mol. The summed E-state index contributed by atoms with van der Waals surface area (Å²) in [6, 6.07) is 8.41. The van der Waals surface area contributed by atoms with Gasteiger partial charge in [0.25, 0.3) is 0 Å². The van der Waals surface area contributed by atoms with Crippen LogP contribution in [0.4, 0.5) is 0 Å². The Labute approximate surface area is 89.7 Å². The standard InChI is InChI=1S/C12H16N2O/c1-2-11-9-6-4-3-5-8(9)10(7-14-11)12(13)15/h3-6,10-11,14H,2,7H2,1H3,(H2,13,15). The first-order chi connectivity index (χ1) is 7.24. The van der Waals surface area contributed by atoms with E-state index in [1.807, 2.05) is 18.2 Å². The molecule has 0 aromatic heterocycles. The first kappa shape index (κ1) is 10.2. The van der Waals surface area contributed by atoms with E-state index >= 15 is 0 Å². The molecule has 80 valence electrons. The van der Waals surface area contributed by atoms with Gasteiger partial charge in [0.1, 0.15) is 0 Å². The molecule has 3 heteroatoms. The minimum atomic E-state index is -0.246. The van der Waals surface area contributed by atoms with Crippen molar-refractivity contribution in [3.63, 3.8) is 0 Å². The fraction of sp³-hybridized carbons (Fsp3) is 0.417. The lowest BCUT2D eigenvalue weighted by Crippen LogP contribution is -2.38. The molecular formula is C12H16N2O. The molecule has 0 bridgehead atoms. The minimum Gasteiger partial charge on any atom is -0.369 e. The Balaban J connectivity index is 2.43. The fourth-order valence-corrected chi connectivity index (χ4v) is 2.24. The van der Waals surface area contributed by atoms with E-state index in [0.29, 0.717) is 12.6 Å². The highest BCUT2D eigenvalue weighted by molar-refractivity contribution is 5.83. The van der Waals surface area contributed by atoms with Crippen LogP contribution in [0.15, 0.2) is 24.3 Å². The number of carbonyl (C=O) groups excluding carboxylic acids is 1. The molecule has 1 amide bonds. The largest absolute Gasteiger partial charge is 0.369 e. The molecule has 2 rings (SSSR count). The van der Waals surface area contributed by atoms with Crippen molar-refractivity contribution >= 4 is 5.91 Å². The lowest BCUT2D eigenvalue weighted by molar-refractivity contribution is -0.119. The summed E-state index contributed by atoms with van der Waals surface area (Å²) < 4.78 is 0. The summed E-state index contributed by atoms with van der Waals surface area (Å²) in [6.45, 7) is 2.80. The number of fused-ring (bicyclic) bond motifs is 1.